The van der Waals surface area contributed by atoms with Crippen LogP contribution in [0, 0.1) is 12.8 Å². The smallest absolute Gasteiger partial charge is 0.309 e. The van der Waals surface area contributed by atoms with Gasteiger partial charge in [0.05, 0.1) is 12.5 Å². The first kappa shape index (κ1) is 11.8. The van der Waals surface area contributed by atoms with Gasteiger partial charge in [-0.15, -0.1) is 0 Å². The highest BCUT2D eigenvalue weighted by atomic mass is 16.5. The summed E-state index contributed by atoms with van der Waals surface area (Å²) in [6.45, 7) is 4.12. The van der Waals surface area contributed by atoms with Crippen molar-refractivity contribution in [3.8, 4) is 0 Å². The molecule has 0 aliphatic heterocycles. The predicted molar refractivity (Wildman–Crippen MR) is 64.0 cm³/mol. The van der Waals surface area contributed by atoms with Crippen LogP contribution in [0.15, 0.2) is 18.2 Å². The molecule has 1 aliphatic carbocycles. The van der Waals surface area contributed by atoms with Crippen LogP contribution < -0.4 is 0 Å². The number of aryl methyl sites for hydroxylation is 1. The molecule has 3 nitrogen and oxygen atoms in total. The van der Waals surface area contributed by atoms with Gasteiger partial charge in [-0.2, -0.15) is 0 Å². The molecule has 0 spiro atoms. The number of esters is 1. The minimum absolute atomic E-state index is 0.0491. The van der Waals surface area contributed by atoms with Crippen molar-refractivity contribution < 1.29 is 14.3 Å². The fraction of sp³-hybridized carbons (Fsp3) is 0.429. The minimum Gasteiger partial charge on any atom is -0.466 e. The summed E-state index contributed by atoms with van der Waals surface area (Å²) in [7, 11) is 0. The summed E-state index contributed by atoms with van der Waals surface area (Å²) in [6.07, 6.45) is 0.891. The lowest BCUT2D eigenvalue weighted by Gasteiger charge is -2.23. The predicted octanol–water partition coefficient (Wildman–Crippen LogP) is 2.30. The van der Waals surface area contributed by atoms with Gasteiger partial charge in [0, 0.05) is 12.0 Å². The molecule has 1 atom stereocenters. The van der Waals surface area contributed by atoms with E-state index in [9.17, 15) is 9.59 Å². The van der Waals surface area contributed by atoms with E-state index in [1.54, 1.807) is 6.92 Å². The Morgan fingerprint density at radius 2 is 2.18 bits per heavy atom. The number of carbonyl (C=O) groups excluding carboxylic acids is 2. The highest BCUT2D eigenvalue weighted by Gasteiger charge is 2.31. The molecule has 90 valence electrons. The van der Waals surface area contributed by atoms with Crippen LogP contribution in [0.4, 0.5) is 0 Å². The molecule has 0 amide bonds. The Bertz CT molecular complexity index is 463. The largest absolute Gasteiger partial charge is 0.466 e. The maximum atomic E-state index is 11.9. The number of fused-ring (bicyclic) bond motifs is 1. The number of ketones is 1. The zero-order valence-corrected chi connectivity index (χ0v) is 10.2. The first-order valence-electron chi connectivity index (χ1n) is 5.91. The minimum atomic E-state index is -0.309. The van der Waals surface area contributed by atoms with E-state index in [2.05, 4.69) is 0 Å². The second-order valence-corrected chi connectivity index (χ2v) is 4.38. The van der Waals surface area contributed by atoms with Crippen molar-refractivity contribution in [2.75, 3.05) is 6.61 Å². The third kappa shape index (κ3) is 2.23. The van der Waals surface area contributed by atoms with Crippen LogP contribution in [0.2, 0.25) is 0 Å². The fourth-order valence-corrected chi connectivity index (χ4v) is 2.31. The number of Topliss-reactive ketones (excluding diaryl/α,β-unsaturated/α-hetero) is 1. The molecule has 0 saturated carbocycles. The van der Waals surface area contributed by atoms with Gasteiger partial charge in [0.1, 0.15) is 0 Å². The normalized spacial score (nSPS) is 18.7. The van der Waals surface area contributed by atoms with Crippen molar-refractivity contribution in [1.29, 1.82) is 0 Å². The molecule has 0 N–H and O–H groups in total. The zero-order chi connectivity index (χ0) is 12.4. The van der Waals surface area contributed by atoms with Gasteiger partial charge in [0.2, 0.25) is 0 Å². The molecule has 1 unspecified atom stereocenters. The first-order chi connectivity index (χ1) is 8.13. The molecule has 2 rings (SSSR count). The highest BCUT2D eigenvalue weighted by Crippen LogP contribution is 2.28. The number of hydrogen-bond donors (Lipinski definition) is 0. The Morgan fingerprint density at radius 3 is 2.88 bits per heavy atom. The van der Waals surface area contributed by atoms with E-state index in [-0.39, 0.29) is 24.1 Å². The van der Waals surface area contributed by atoms with Gasteiger partial charge in [-0.25, -0.2) is 0 Å². The van der Waals surface area contributed by atoms with E-state index < -0.39 is 0 Å². The third-order valence-corrected chi connectivity index (χ3v) is 3.21. The van der Waals surface area contributed by atoms with Crippen molar-refractivity contribution in [2.24, 2.45) is 5.92 Å². The summed E-state index contributed by atoms with van der Waals surface area (Å²) in [4.78, 5) is 23.6. The van der Waals surface area contributed by atoms with Gasteiger partial charge in [-0.1, -0.05) is 18.2 Å². The van der Waals surface area contributed by atoms with Crippen LogP contribution >= 0.6 is 0 Å². The molecular formula is C14H16O3. The molecule has 0 heterocycles. The lowest BCUT2D eigenvalue weighted by Crippen LogP contribution is -2.28. The molecule has 1 aromatic carbocycles. The molecular weight excluding hydrogens is 216 g/mol. The molecule has 0 fully saturated rings. The third-order valence-electron chi connectivity index (χ3n) is 3.21. The SMILES string of the molecule is CCOC(=O)C1CC(=O)c2cccc(C)c2C1. The molecule has 0 bridgehead atoms. The fourth-order valence-electron chi connectivity index (χ4n) is 2.31. The van der Waals surface area contributed by atoms with E-state index in [1.165, 1.54) is 0 Å². The summed E-state index contributed by atoms with van der Waals surface area (Å²) in [5, 5.41) is 0. The lowest BCUT2D eigenvalue weighted by molar-refractivity contribution is -0.148. The van der Waals surface area contributed by atoms with Crippen LogP contribution in [0.3, 0.4) is 0 Å². The molecule has 1 aliphatic rings. The van der Waals surface area contributed by atoms with Gasteiger partial charge in [-0.05, 0) is 31.4 Å². The van der Waals surface area contributed by atoms with Crippen molar-refractivity contribution >= 4 is 11.8 Å². The standard InChI is InChI=1S/C14H16O3/c1-3-17-14(16)10-7-12-9(2)5-4-6-11(12)13(15)8-10/h4-6,10H,3,7-8H2,1-2H3. The number of hydrogen-bond acceptors (Lipinski definition) is 3. The Hall–Kier alpha value is -1.64. The second-order valence-electron chi connectivity index (χ2n) is 4.38. The van der Waals surface area contributed by atoms with Crippen LogP contribution in [0.5, 0.6) is 0 Å². The van der Waals surface area contributed by atoms with Crippen molar-refractivity contribution in [1.82, 2.24) is 0 Å². The Morgan fingerprint density at radius 1 is 1.41 bits per heavy atom. The van der Waals surface area contributed by atoms with Crippen LogP contribution in [0.1, 0.15) is 34.8 Å². The molecule has 1 aromatic rings. The molecule has 3 heteroatoms. The monoisotopic (exact) mass is 232 g/mol. The molecule has 0 aromatic heterocycles. The van der Waals surface area contributed by atoms with Crippen LogP contribution in [-0.4, -0.2) is 18.4 Å². The summed E-state index contributed by atoms with van der Waals surface area (Å²) in [5.41, 5.74) is 2.84. The highest BCUT2D eigenvalue weighted by molar-refractivity contribution is 6.01. The van der Waals surface area contributed by atoms with Gasteiger partial charge < -0.3 is 4.74 Å². The number of benzene rings is 1. The molecule has 17 heavy (non-hydrogen) atoms. The zero-order valence-electron chi connectivity index (χ0n) is 10.2. The summed E-state index contributed by atoms with van der Waals surface area (Å²) >= 11 is 0. The Labute approximate surface area is 101 Å². The van der Waals surface area contributed by atoms with Crippen molar-refractivity contribution in [2.45, 2.75) is 26.7 Å². The molecule has 0 radical (unpaired) electrons. The van der Waals surface area contributed by atoms with E-state index in [0.29, 0.717) is 13.0 Å². The number of rotatable bonds is 2. The van der Waals surface area contributed by atoms with E-state index in [0.717, 1.165) is 16.7 Å². The van der Waals surface area contributed by atoms with Crippen LogP contribution in [0.25, 0.3) is 0 Å². The van der Waals surface area contributed by atoms with Gasteiger partial charge in [0.25, 0.3) is 0 Å². The van der Waals surface area contributed by atoms with Crippen molar-refractivity contribution in [3.63, 3.8) is 0 Å². The number of ether oxygens (including phenoxy) is 1. The first-order valence-corrected chi connectivity index (χ1v) is 5.91. The second kappa shape index (κ2) is 4.70. The average Bonchev–Trinajstić information content (AvgIpc) is 2.30. The molecule has 0 saturated heterocycles. The van der Waals surface area contributed by atoms with E-state index >= 15 is 0 Å². The Balaban J connectivity index is 2.29. The van der Waals surface area contributed by atoms with Crippen molar-refractivity contribution in [3.05, 3.63) is 34.9 Å². The lowest BCUT2D eigenvalue weighted by atomic mass is 9.81. The van der Waals surface area contributed by atoms with E-state index in [4.69, 9.17) is 4.74 Å². The maximum Gasteiger partial charge on any atom is 0.309 e. The van der Waals surface area contributed by atoms with Gasteiger partial charge in [-0.3, -0.25) is 9.59 Å². The van der Waals surface area contributed by atoms with Gasteiger partial charge in [0.15, 0.2) is 5.78 Å². The Kier molecular flexibility index (Phi) is 3.27. The average molecular weight is 232 g/mol. The topological polar surface area (TPSA) is 43.4 Å². The summed E-state index contributed by atoms with van der Waals surface area (Å²) < 4.78 is 4.99. The summed E-state index contributed by atoms with van der Waals surface area (Å²) in [6, 6.07) is 5.70. The van der Waals surface area contributed by atoms with Crippen LogP contribution in [-0.2, 0) is 16.0 Å². The summed E-state index contributed by atoms with van der Waals surface area (Å²) in [5.74, 6) is -0.515. The van der Waals surface area contributed by atoms with Gasteiger partial charge >= 0.3 is 5.97 Å². The quantitative estimate of drug-likeness (QED) is 0.735. The van der Waals surface area contributed by atoms with E-state index in [1.807, 2.05) is 25.1 Å². The number of carbonyl (C=O) groups is 2. The maximum absolute atomic E-state index is 11.9.